The summed E-state index contributed by atoms with van der Waals surface area (Å²) in [4.78, 5) is 12.5. The summed E-state index contributed by atoms with van der Waals surface area (Å²) in [6.45, 7) is 0.273. The van der Waals surface area contributed by atoms with Crippen molar-refractivity contribution in [1.82, 2.24) is 5.43 Å². The van der Waals surface area contributed by atoms with E-state index in [2.05, 4.69) is 33.1 Å². The molecular formula is C21H16ClIN2O2. The third kappa shape index (κ3) is 5.55. The van der Waals surface area contributed by atoms with Crippen molar-refractivity contribution in [2.75, 3.05) is 0 Å². The van der Waals surface area contributed by atoms with Gasteiger partial charge in [0, 0.05) is 14.2 Å². The van der Waals surface area contributed by atoms with Crippen LogP contribution in [0, 0.1) is 3.57 Å². The maximum atomic E-state index is 12.5. The molecule has 0 saturated heterocycles. The Morgan fingerprint density at radius 1 is 1.07 bits per heavy atom. The molecule has 0 unspecified atom stereocenters. The van der Waals surface area contributed by atoms with Crippen molar-refractivity contribution < 1.29 is 9.53 Å². The van der Waals surface area contributed by atoms with Crippen molar-refractivity contribution in [3.63, 3.8) is 0 Å². The zero-order valence-corrected chi connectivity index (χ0v) is 17.1. The molecule has 1 amide bonds. The molecule has 0 radical (unpaired) electrons. The number of nitrogens with zero attached hydrogens (tertiary/aromatic N) is 1. The van der Waals surface area contributed by atoms with Gasteiger partial charge in [0.25, 0.3) is 5.91 Å². The van der Waals surface area contributed by atoms with Crippen LogP contribution in [0.4, 0.5) is 0 Å². The summed E-state index contributed by atoms with van der Waals surface area (Å²) in [5, 5.41) is 4.65. The Balaban J connectivity index is 1.67. The topological polar surface area (TPSA) is 50.7 Å². The maximum absolute atomic E-state index is 12.5. The first kappa shape index (κ1) is 19.4. The van der Waals surface area contributed by atoms with Crippen molar-refractivity contribution in [2.45, 2.75) is 6.61 Å². The van der Waals surface area contributed by atoms with Crippen molar-refractivity contribution in [3.05, 3.63) is 98.1 Å². The summed E-state index contributed by atoms with van der Waals surface area (Å²) < 4.78 is 6.91. The Bertz CT molecular complexity index is 976. The fourth-order valence-electron chi connectivity index (χ4n) is 2.36. The van der Waals surface area contributed by atoms with Gasteiger partial charge in [0.1, 0.15) is 12.4 Å². The van der Waals surface area contributed by atoms with Gasteiger partial charge in [-0.05, 0) is 58.5 Å². The number of rotatable bonds is 6. The van der Waals surface area contributed by atoms with Gasteiger partial charge in [-0.1, -0.05) is 54.1 Å². The summed E-state index contributed by atoms with van der Waals surface area (Å²) in [5.41, 5.74) is 4.71. The molecule has 3 aromatic rings. The zero-order valence-electron chi connectivity index (χ0n) is 14.2. The van der Waals surface area contributed by atoms with E-state index in [0.717, 1.165) is 14.7 Å². The van der Waals surface area contributed by atoms with Crippen LogP contribution in [0.3, 0.4) is 0 Å². The molecule has 136 valence electrons. The van der Waals surface area contributed by atoms with E-state index in [0.29, 0.717) is 16.3 Å². The van der Waals surface area contributed by atoms with Crippen molar-refractivity contribution >= 4 is 46.3 Å². The molecule has 0 heterocycles. The van der Waals surface area contributed by atoms with Crippen LogP contribution in [-0.2, 0) is 6.61 Å². The molecule has 6 heteroatoms. The maximum Gasteiger partial charge on any atom is 0.275 e. The third-order valence-electron chi connectivity index (χ3n) is 3.70. The average molecular weight is 491 g/mol. The van der Waals surface area contributed by atoms with Crippen LogP contribution in [0.15, 0.2) is 77.9 Å². The molecule has 0 aromatic heterocycles. The first-order chi connectivity index (χ1) is 13.1. The van der Waals surface area contributed by atoms with Crippen LogP contribution in [-0.4, -0.2) is 12.1 Å². The number of nitrogens with one attached hydrogen (secondary N) is 1. The monoisotopic (exact) mass is 490 g/mol. The van der Waals surface area contributed by atoms with Gasteiger partial charge in [-0.25, -0.2) is 5.43 Å². The number of carbonyl (C=O) groups excluding carboxylic acids is 1. The smallest absolute Gasteiger partial charge is 0.275 e. The Hall–Kier alpha value is -2.38. The van der Waals surface area contributed by atoms with Gasteiger partial charge in [-0.3, -0.25) is 4.79 Å². The van der Waals surface area contributed by atoms with Gasteiger partial charge >= 0.3 is 0 Å². The second-order valence-electron chi connectivity index (χ2n) is 5.63. The minimum atomic E-state index is -0.341. The molecule has 0 aliphatic carbocycles. The number of hydrazone groups is 1. The lowest BCUT2D eigenvalue weighted by Gasteiger charge is -2.11. The highest BCUT2D eigenvalue weighted by Crippen LogP contribution is 2.22. The fraction of sp³-hybridized carbons (Fsp3) is 0.0476. The van der Waals surface area contributed by atoms with Gasteiger partial charge in [-0.2, -0.15) is 5.10 Å². The number of benzene rings is 3. The quantitative estimate of drug-likeness (QED) is 0.290. The SMILES string of the molecule is O=C(N/N=C/c1cccc(I)c1)c1ccccc1OCc1ccccc1Cl. The number of hydrogen-bond acceptors (Lipinski definition) is 3. The number of para-hydroxylation sites is 1. The highest BCUT2D eigenvalue weighted by atomic mass is 127. The molecule has 0 aliphatic rings. The van der Waals surface area contributed by atoms with Gasteiger partial charge in [0.05, 0.1) is 11.8 Å². The van der Waals surface area contributed by atoms with Crippen molar-refractivity contribution in [3.8, 4) is 5.75 Å². The minimum absolute atomic E-state index is 0.273. The number of hydrogen-bond donors (Lipinski definition) is 1. The lowest BCUT2D eigenvalue weighted by atomic mass is 10.2. The molecule has 0 spiro atoms. The first-order valence-electron chi connectivity index (χ1n) is 8.17. The van der Waals surface area contributed by atoms with E-state index < -0.39 is 0 Å². The predicted octanol–water partition coefficient (Wildman–Crippen LogP) is 5.29. The second kappa shape index (κ2) is 9.53. The summed E-state index contributed by atoms with van der Waals surface area (Å²) in [7, 11) is 0. The minimum Gasteiger partial charge on any atom is -0.488 e. The van der Waals surface area contributed by atoms with E-state index in [-0.39, 0.29) is 12.5 Å². The highest BCUT2D eigenvalue weighted by molar-refractivity contribution is 14.1. The van der Waals surface area contributed by atoms with Crippen LogP contribution in [0.25, 0.3) is 0 Å². The molecule has 0 saturated carbocycles. The predicted molar refractivity (Wildman–Crippen MR) is 116 cm³/mol. The van der Waals surface area contributed by atoms with Crippen LogP contribution >= 0.6 is 34.2 Å². The Labute approximate surface area is 176 Å². The number of amides is 1. The summed E-state index contributed by atoms with van der Waals surface area (Å²) in [6.07, 6.45) is 1.60. The van der Waals surface area contributed by atoms with E-state index in [1.54, 1.807) is 30.5 Å². The van der Waals surface area contributed by atoms with Crippen LogP contribution in [0.1, 0.15) is 21.5 Å². The molecule has 1 N–H and O–H groups in total. The van der Waals surface area contributed by atoms with Gasteiger partial charge in [0.2, 0.25) is 0 Å². The summed E-state index contributed by atoms with van der Waals surface area (Å²) >= 11 is 8.38. The van der Waals surface area contributed by atoms with Crippen LogP contribution in [0.2, 0.25) is 5.02 Å². The van der Waals surface area contributed by atoms with Gasteiger partial charge in [0.15, 0.2) is 0 Å². The average Bonchev–Trinajstić information content (AvgIpc) is 2.67. The van der Waals surface area contributed by atoms with Crippen LogP contribution in [0.5, 0.6) is 5.75 Å². The van der Waals surface area contributed by atoms with E-state index in [1.165, 1.54) is 0 Å². The Morgan fingerprint density at radius 2 is 1.85 bits per heavy atom. The molecule has 4 nitrogen and oxygen atoms in total. The van der Waals surface area contributed by atoms with Gasteiger partial charge < -0.3 is 4.74 Å². The van der Waals surface area contributed by atoms with E-state index in [9.17, 15) is 4.79 Å². The highest BCUT2D eigenvalue weighted by Gasteiger charge is 2.12. The summed E-state index contributed by atoms with van der Waals surface area (Å²) in [6, 6.07) is 22.3. The molecule has 3 aromatic carbocycles. The fourth-order valence-corrected chi connectivity index (χ4v) is 3.12. The lowest BCUT2D eigenvalue weighted by Crippen LogP contribution is -2.18. The molecule has 0 aliphatic heterocycles. The van der Waals surface area contributed by atoms with Crippen molar-refractivity contribution in [1.29, 1.82) is 0 Å². The van der Waals surface area contributed by atoms with E-state index in [1.807, 2.05) is 48.5 Å². The molecular weight excluding hydrogens is 475 g/mol. The number of halogens is 2. The van der Waals surface area contributed by atoms with Crippen molar-refractivity contribution in [2.24, 2.45) is 5.10 Å². The van der Waals surface area contributed by atoms with Gasteiger partial charge in [-0.15, -0.1) is 0 Å². The lowest BCUT2D eigenvalue weighted by molar-refractivity contribution is 0.0950. The summed E-state index contributed by atoms with van der Waals surface area (Å²) in [5.74, 6) is 0.131. The molecule has 0 bridgehead atoms. The number of ether oxygens (including phenoxy) is 1. The molecule has 27 heavy (non-hydrogen) atoms. The third-order valence-corrected chi connectivity index (χ3v) is 4.74. The normalized spacial score (nSPS) is 10.7. The largest absolute Gasteiger partial charge is 0.488 e. The molecule has 0 fully saturated rings. The number of carbonyl (C=O) groups is 1. The molecule has 0 atom stereocenters. The standard InChI is InChI=1S/C21H16ClIN2O2/c22-19-10-3-1-7-16(19)14-27-20-11-4-2-9-18(20)21(26)25-24-13-15-6-5-8-17(23)12-15/h1-13H,14H2,(H,25,26)/b24-13+. The Kier molecular flexibility index (Phi) is 6.84. The first-order valence-corrected chi connectivity index (χ1v) is 9.63. The Morgan fingerprint density at radius 3 is 2.67 bits per heavy atom. The van der Waals surface area contributed by atoms with E-state index in [4.69, 9.17) is 16.3 Å². The van der Waals surface area contributed by atoms with Crippen LogP contribution < -0.4 is 10.2 Å². The van der Waals surface area contributed by atoms with E-state index >= 15 is 0 Å². The second-order valence-corrected chi connectivity index (χ2v) is 7.28. The zero-order chi connectivity index (χ0) is 19.1. The molecule has 3 rings (SSSR count).